The van der Waals surface area contributed by atoms with Crippen molar-refractivity contribution >= 4 is 21.6 Å². The van der Waals surface area contributed by atoms with Crippen LogP contribution < -0.4 is 10.2 Å². The Kier molecular flexibility index (Phi) is 4.33. The van der Waals surface area contributed by atoms with E-state index in [1.54, 1.807) is 0 Å². The van der Waals surface area contributed by atoms with E-state index < -0.39 is 0 Å². The standard InChI is InChI=1S/C15H23BrN2/c1-15(2)6-8-18(9-7-15)14-5-4-12(11-17-3)10-13(14)16/h4-5,10,17H,6-9,11H2,1-3H3. The average Bonchev–Trinajstić information content (AvgIpc) is 2.31. The van der Waals surface area contributed by atoms with Crippen LogP contribution in [0.25, 0.3) is 0 Å². The zero-order valence-electron chi connectivity index (χ0n) is 11.6. The zero-order chi connectivity index (χ0) is 13.2. The molecule has 1 heterocycles. The van der Waals surface area contributed by atoms with E-state index in [4.69, 9.17) is 0 Å². The topological polar surface area (TPSA) is 15.3 Å². The summed E-state index contributed by atoms with van der Waals surface area (Å²) < 4.78 is 1.22. The van der Waals surface area contributed by atoms with E-state index in [1.165, 1.54) is 28.6 Å². The van der Waals surface area contributed by atoms with Gasteiger partial charge in [0.1, 0.15) is 0 Å². The molecule has 0 amide bonds. The summed E-state index contributed by atoms with van der Waals surface area (Å²) in [5.74, 6) is 0. The fourth-order valence-electron chi connectivity index (χ4n) is 2.47. The Balaban J connectivity index is 2.10. The maximum absolute atomic E-state index is 3.71. The normalized spacial score (nSPS) is 19.0. The maximum Gasteiger partial charge on any atom is 0.0510 e. The highest BCUT2D eigenvalue weighted by atomic mass is 79.9. The number of hydrogen-bond acceptors (Lipinski definition) is 2. The van der Waals surface area contributed by atoms with Gasteiger partial charge in [-0.2, -0.15) is 0 Å². The van der Waals surface area contributed by atoms with Crippen LogP contribution in [0.4, 0.5) is 5.69 Å². The quantitative estimate of drug-likeness (QED) is 0.913. The van der Waals surface area contributed by atoms with Crippen molar-refractivity contribution in [3.05, 3.63) is 28.2 Å². The molecule has 1 N–H and O–H groups in total. The van der Waals surface area contributed by atoms with Crippen molar-refractivity contribution in [2.45, 2.75) is 33.2 Å². The molecular weight excluding hydrogens is 288 g/mol. The molecule has 0 radical (unpaired) electrons. The average molecular weight is 311 g/mol. The summed E-state index contributed by atoms with van der Waals surface area (Å²) in [6, 6.07) is 6.69. The molecule has 0 unspecified atom stereocenters. The fourth-order valence-corrected chi connectivity index (χ4v) is 3.15. The fraction of sp³-hybridized carbons (Fsp3) is 0.600. The molecule has 1 aromatic carbocycles. The van der Waals surface area contributed by atoms with Crippen LogP contribution in [0, 0.1) is 5.41 Å². The second-order valence-corrected chi connectivity index (χ2v) is 6.82. The molecule has 0 saturated carbocycles. The molecule has 0 atom stereocenters. The van der Waals surface area contributed by atoms with E-state index in [2.05, 4.69) is 58.2 Å². The van der Waals surface area contributed by atoms with Crippen LogP contribution in [0.3, 0.4) is 0 Å². The molecule has 0 bridgehead atoms. The molecule has 18 heavy (non-hydrogen) atoms. The highest BCUT2D eigenvalue weighted by Gasteiger charge is 2.26. The first-order valence-electron chi connectivity index (χ1n) is 6.70. The van der Waals surface area contributed by atoms with Crippen molar-refractivity contribution in [3.63, 3.8) is 0 Å². The van der Waals surface area contributed by atoms with E-state index in [1.807, 2.05) is 7.05 Å². The molecule has 1 aliphatic heterocycles. The Labute approximate surface area is 119 Å². The lowest BCUT2D eigenvalue weighted by Crippen LogP contribution is -2.37. The molecule has 100 valence electrons. The number of piperidine rings is 1. The van der Waals surface area contributed by atoms with Gasteiger partial charge in [0.25, 0.3) is 0 Å². The second kappa shape index (κ2) is 5.62. The van der Waals surface area contributed by atoms with Crippen LogP contribution in [0.1, 0.15) is 32.3 Å². The zero-order valence-corrected chi connectivity index (χ0v) is 13.2. The van der Waals surface area contributed by atoms with Gasteiger partial charge in [0.2, 0.25) is 0 Å². The number of nitrogens with zero attached hydrogens (tertiary/aromatic N) is 1. The third kappa shape index (κ3) is 3.27. The molecule has 1 saturated heterocycles. The Morgan fingerprint density at radius 1 is 1.28 bits per heavy atom. The van der Waals surface area contributed by atoms with Gasteiger partial charge < -0.3 is 10.2 Å². The van der Waals surface area contributed by atoms with Gasteiger partial charge in [0.05, 0.1) is 5.69 Å². The first kappa shape index (κ1) is 13.9. The second-order valence-electron chi connectivity index (χ2n) is 5.97. The smallest absolute Gasteiger partial charge is 0.0510 e. The maximum atomic E-state index is 3.71. The lowest BCUT2D eigenvalue weighted by molar-refractivity contribution is 0.279. The summed E-state index contributed by atoms with van der Waals surface area (Å²) in [7, 11) is 1.98. The van der Waals surface area contributed by atoms with Crippen molar-refractivity contribution in [1.82, 2.24) is 5.32 Å². The minimum absolute atomic E-state index is 0.509. The van der Waals surface area contributed by atoms with Gasteiger partial charge in [0.15, 0.2) is 0 Å². The summed E-state index contributed by atoms with van der Waals surface area (Å²) in [6.45, 7) is 7.99. The number of halogens is 1. The molecule has 1 fully saturated rings. The third-order valence-corrected chi connectivity index (χ3v) is 4.49. The van der Waals surface area contributed by atoms with E-state index in [0.717, 1.165) is 19.6 Å². The SMILES string of the molecule is CNCc1ccc(N2CCC(C)(C)CC2)c(Br)c1. The van der Waals surface area contributed by atoms with Gasteiger partial charge in [-0.15, -0.1) is 0 Å². The van der Waals surface area contributed by atoms with Crippen LogP contribution in [0.5, 0.6) is 0 Å². The minimum Gasteiger partial charge on any atom is -0.371 e. The van der Waals surface area contributed by atoms with Crippen molar-refractivity contribution in [3.8, 4) is 0 Å². The van der Waals surface area contributed by atoms with Crippen LogP contribution in [-0.4, -0.2) is 20.1 Å². The summed E-state index contributed by atoms with van der Waals surface area (Å²) in [6.07, 6.45) is 2.55. The third-order valence-electron chi connectivity index (χ3n) is 3.85. The molecule has 2 rings (SSSR count). The van der Waals surface area contributed by atoms with Crippen LogP contribution >= 0.6 is 15.9 Å². The van der Waals surface area contributed by atoms with Crippen molar-refractivity contribution < 1.29 is 0 Å². The Morgan fingerprint density at radius 3 is 2.50 bits per heavy atom. The predicted octanol–water partition coefficient (Wildman–Crippen LogP) is 3.79. The predicted molar refractivity (Wildman–Crippen MR) is 82.1 cm³/mol. The van der Waals surface area contributed by atoms with Gasteiger partial charge >= 0.3 is 0 Å². The Bertz CT molecular complexity index is 405. The number of rotatable bonds is 3. The number of nitrogens with one attached hydrogen (secondary N) is 1. The highest BCUT2D eigenvalue weighted by Crippen LogP contribution is 2.35. The molecule has 0 spiro atoms. The molecule has 0 aromatic heterocycles. The van der Waals surface area contributed by atoms with Gasteiger partial charge in [-0.25, -0.2) is 0 Å². The van der Waals surface area contributed by atoms with Crippen LogP contribution in [0.2, 0.25) is 0 Å². The van der Waals surface area contributed by atoms with Crippen LogP contribution in [-0.2, 0) is 6.54 Å². The van der Waals surface area contributed by atoms with Gasteiger partial charge in [0, 0.05) is 24.1 Å². The number of anilines is 1. The lowest BCUT2D eigenvalue weighted by Gasteiger charge is -2.38. The van der Waals surface area contributed by atoms with Crippen molar-refractivity contribution in [1.29, 1.82) is 0 Å². The number of hydrogen-bond donors (Lipinski definition) is 1. The van der Waals surface area contributed by atoms with E-state index >= 15 is 0 Å². The van der Waals surface area contributed by atoms with Gasteiger partial charge in [-0.1, -0.05) is 19.9 Å². The molecule has 1 aliphatic rings. The first-order valence-corrected chi connectivity index (χ1v) is 7.49. The summed E-state index contributed by atoms with van der Waals surface area (Å²) >= 11 is 3.71. The molecule has 0 aliphatic carbocycles. The Morgan fingerprint density at radius 2 is 1.94 bits per heavy atom. The summed E-state index contributed by atoms with van der Waals surface area (Å²) in [4.78, 5) is 2.50. The molecule has 2 nitrogen and oxygen atoms in total. The monoisotopic (exact) mass is 310 g/mol. The van der Waals surface area contributed by atoms with Gasteiger partial charge in [-0.3, -0.25) is 0 Å². The van der Waals surface area contributed by atoms with E-state index in [9.17, 15) is 0 Å². The van der Waals surface area contributed by atoms with E-state index in [-0.39, 0.29) is 0 Å². The lowest BCUT2D eigenvalue weighted by atomic mass is 9.82. The number of benzene rings is 1. The van der Waals surface area contributed by atoms with Crippen molar-refractivity contribution in [2.24, 2.45) is 5.41 Å². The molecule has 3 heteroatoms. The summed E-state index contributed by atoms with van der Waals surface area (Å²) in [5.41, 5.74) is 3.17. The molecular formula is C15H23BrN2. The minimum atomic E-state index is 0.509. The summed E-state index contributed by atoms with van der Waals surface area (Å²) in [5, 5.41) is 3.19. The first-order chi connectivity index (χ1) is 8.52. The van der Waals surface area contributed by atoms with E-state index in [0.29, 0.717) is 5.41 Å². The van der Waals surface area contributed by atoms with Gasteiger partial charge in [-0.05, 0) is 58.9 Å². The Hall–Kier alpha value is -0.540. The van der Waals surface area contributed by atoms with Crippen LogP contribution in [0.15, 0.2) is 22.7 Å². The molecule has 1 aromatic rings. The van der Waals surface area contributed by atoms with Crippen molar-refractivity contribution in [2.75, 3.05) is 25.0 Å². The largest absolute Gasteiger partial charge is 0.371 e. The highest BCUT2D eigenvalue weighted by molar-refractivity contribution is 9.10.